The van der Waals surface area contributed by atoms with Crippen molar-refractivity contribution < 1.29 is 19.0 Å². The monoisotopic (exact) mass is 450 g/mol. The quantitative estimate of drug-likeness (QED) is 0.572. The Morgan fingerprint density at radius 2 is 1.88 bits per heavy atom. The molecule has 0 aliphatic heterocycles. The second kappa shape index (κ2) is 8.93. The van der Waals surface area contributed by atoms with Crippen LogP contribution in [0.4, 0.5) is 5.82 Å². The lowest BCUT2D eigenvalue weighted by atomic mass is 10.1. The third kappa shape index (κ3) is 4.13. The molecule has 3 aromatic rings. The number of carbonyl (C=O) groups excluding carboxylic acids is 1. The SMILES string of the molecule is COc1ccc(-c2nc(C)c(NC3c4ccccc4C[C@@H]3OC(C)=O)n(C)c2=O)c(OC)n1. The van der Waals surface area contributed by atoms with Gasteiger partial charge in [-0.15, -0.1) is 0 Å². The summed E-state index contributed by atoms with van der Waals surface area (Å²) < 4.78 is 17.6. The number of ether oxygens (including phenoxy) is 3. The Hall–Kier alpha value is -3.88. The first-order valence-electron chi connectivity index (χ1n) is 10.5. The predicted molar refractivity (Wildman–Crippen MR) is 123 cm³/mol. The number of aryl methyl sites for hydroxylation is 1. The van der Waals surface area contributed by atoms with Gasteiger partial charge in [0.15, 0.2) is 0 Å². The van der Waals surface area contributed by atoms with Crippen molar-refractivity contribution in [2.75, 3.05) is 19.5 Å². The molecule has 2 aromatic heterocycles. The molecule has 2 heterocycles. The molecule has 1 aromatic carbocycles. The molecule has 1 unspecified atom stereocenters. The van der Waals surface area contributed by atoms with Gasteiger partial charge in [0, 0.05) is 26.5 Å². The summed E-state index contributed by atoms with van der Waals surface area (Å²) in [4.78, 5) is 33.8. The zero-order valence-electron chi connectivity index (χ0n) is 19.2. The number of rotatable bonds is 6. The number of aromatic nitrogens is 3. The molecule has 33 heavy (non-hydrogen) atoms. The van der Waals surface area contributed by atoms with E-state index in [0.717, 1.165) is 11.1 Å². The molecule has 9 heteroatoms. The molecule has 2 atom stereocenters. The van der Waals surface area contributed by atoms with E-state index >= 15 is 0 Å². The van der Waals surface area contributed by atoms with Crippen molar-refractivity contribution in [1.82, 2.24) is 14.5 Å². The summed E-state index contributed by atoms with van der Waals surface area (Å²) in [5.74, 6) is 0.818. The number of nitrogens with one attached hydrogen (secondary N) is 1. The molecule has 0 amide bonds. The molecule has 0 spiro atoms. The predicted octanol–water partition coefficient (Wildman–Crippen LogP) is 2.81. The fourth-order valence-electron chi connectivity index (χ4n) is 4.22. The maximum atomic E-state index is 13.3. The molecule has 0 fully saturated rings. The van der Waals surface area contributed by atoms with Gasteiger partial charge in [-0.25, -0.2) is 4.98 Å². The number of hydrogen-bond acceptors (Lipinski definition) is 8. The van der Waals surface area contributed by atoms with Crippen LogP contribution >= 0.6 is 0 Å². The average Bonchev–Trinajstić information content (AvgIpc) is 3.14. The van der Waals surface area contributed by atoms with Gasteiger partial charge in [-0.3, -0.25) is 14.2 Å². The van der Waals surface area contributed by atoms with Crippen molar-refractivity contribution >= 4 is 11.8 Å². The highest BCUT2D eigenvalue weighted by molar-refractivity contribution is 5.67. The molecule has 4 rings (SSSR count). The zero-order valence-corrected chi connectivity index (χ0v) is 19.2. The summed E-state index contributed by atoms with van der Waals surface area (Å²) in [6.07, 6.45) is 0.209. The first-order valence-corrected chi connectivity index (χ1v) is 10.5. The molecular weight excluding hydrogens is 424 g/mol. The second-order valence-corrected chi connectivity index (χ2v) is 7.84. The van der Waals surface area contributed by atoms with Crippen molar-refractivity contribution in [3.8, 4) is 23.0 Å². The van der Waals surface area contributed by atoms with Crippen LogP contribution < -0.4 is 20.3 Å². The van der Waals surface area contributed by atoms with Gasteiger partial charge in [0.05, 0.1) is 31.5 Å². The minimum absolute atomic E-state index is 0.218. The van der Waals surface area contributed by atoms with Crippen LogP contribution in [-0.2, 0) is 23.0 Å². The van der Waals surface area contributed by atoms with E-state index in [1.54, 1.807) is 19.2 Å². The maximum Gasteiger partial charge on any atom is 0.302 e. The highest BCUT2D eigenvalue weighted by atomic mass is 16.5. The molecule has 1 N–H and O–H groups in total. The Bertz CT molecular complexity index is 1270. The van der Waals surface area contributed by atoms with Crippen LogP contribution in [0.3, 0.4) is 0 Å². The van der Waals surface area contributed by atoms with E-state index < -0.39 is 0 Å². The number of nitrogens with zero attached hydrogens (tertiary/aromatic N) is 3. The third-order valence-electron chi connectivity index (χ3n) is 5.75. The lowest BCUT2D eigenvalue weighted by molar-refractivity contribution is -0.146. The van der Waals surface area contributed by atoms with E-state index in [4.69, 9.17) is 14.2 Å². The lowest BCUT2D eigenvalue weighted by Crippen LogP contribution is -2.31. The van der Waals surface area contributed by atoms with Gasteiger partial charge in [-0.2, -0.15) is 4.98 Å². The van der Waals surface area contributed by atoms with Crippen LogP contribution in [0.25, 0.3) is 11.3 Å². The van der Waals surface area contributed by atoms with E-state index in [9.17, 15) is 9.59 Å². The fourth-order valence-corrected chi connectivity index (χ4v) is 4.22. The normalized spacial score (nSPS) is 16.8. The average molecular weight is 450 g/mol. The molecule has 0 bridgehead atoms. The Morgan fingerprint density at radius 3 is 2.58 bits per heavy atom. The third-order valence-corrected chi connectivity index (χ3v) is 5.75. The van der Waals surface area contributed by atoms with E-state index in [2.05, 4.69) is 15.3 Å². The molecule has 0 saturated carbocycles. The Labute approximate surface area is 191 Å². The van der Waals surface area contributed by atoms with Gasteiger partial charge < -0.3 is 19.5 Å². The van der Waals surface area contributed by atoms with Crippen molar-refractivity contribution in [1.29, 1.82) is 0 Å². The number of carbonyl (C=O) groups is 1. The minimum atomic E-state index is -0.389. The number of benzene rings is 1. The van der Waals surface area contributed by atoms with Gasteiger partial charge in [-0.05, 0) is 24.1 Å². The topological polar surface area (TPSA) is 105 Å². The number of hydrogen-bond donors (Lipinski definition) is 1. The molecule has 172 valence electrons. The number of methoxy groups -OCH3 is 2. The zero-order chi connectivity index (χ0) is 23.7. The maximum absolute atomic E-state index is 13.3. The first kappa shape index (κ1) is 22.3. The van der Waals surface area contributed by atoms with Crippen molar-refractivity contribution in [2.24, 2.45) is 7.05 Å². The van der Waals surface area contributed by atoms with Crippen LogP contribution in [-0.4, -0.2) is 40.8 Å². The van der Waals surface area contributed by atoms with E-state index in [-0.39, 0.29) is 35.2 Å². The van der Waals surface area contributed by atoms with Crippen LogP contribution in [0.15, 0.2) is 41.2 Å². The summed E-state index contributed by atoms with van der Waals surface area (Å²) in [5.41, 5.74) is 3.11. The second-order valence-electron chi connectivity index (χ2n) is 7.84. The van der Waals surface area contributed by atoms with Crippen LogP contribution in [0.1, 0.15) is 29.8 Å². The Kier molecular flexibility index (Phi) is 6.04. The smallest absolute Gasteiger partial charge is 0.302 e. The Balaban J connectivity index is 1.76. The summed E-state index contributed by atoms with van der Waals surface area (Å²) in [6.45, 7) is 3.21. The molecule has 0 saturated heterocycles. The van der Waals surface area contributed by atoms with Gasteiger partial charge in [0.1, 0.15) is 17.6 Å². The number of fused-ring (bicyclic) bond motifs is 1. The number of anilines is 1. The summed E-state index contributed by atoms with van der Waals surface area (Å²) >= 11 is 0. The highest BCUT2D eigenvalue weighted by Crippen LogP contribution is 2.36. The molecule has 0 radical (unpaired) electrons. The van der Waals surface area contributed by atoms with Crippen molar-refractivity contribution in [3.05, 3.63) is 63.6 Å². The van der Waals surface area contributed by atoms with Gasteiger partial charge in [0.2, 0.25) is 11.8 Å². The fraction of sp³-hybridized carbons (Fsp3) is 0.333. The number of esters is 1. The molecule has 9 nitrogen and oxygen atoms in total. The van der Waals surface area contributed by atoms with Crippen molar-refractivity contribution in [2.45, 2.75) is 32.4 Å². The first-order chi connectivity index (χ1) is 15.8. The van der Waals surface area contributed by atoms with Gasteiger partial charge in [-0.1, -0.05) is 24.3 Å². The summed E-state index contributed by atoms with van der Waals surface area (Å²) in [6, 6.07) is 11.0. The van der Waals surface area contributed by atoms with Crippen LogP contribution in [0.5, 0.6) is 11.8 Å². The molecular formula is C24H26N4O5. The molecule has 1 aliphatic carbocycles. The van der Waals surface area contributed by atoms with Crippen molar-refractivity contribution in [3.63, 3.8) is 0 Å². The highest BCUT2D eigenvalue weighted by Gasteiger charge is 2.35. The van der Waals surface area contributed by atoms with Gasteiger partial charge >= 0.3 is 5.97 Å². The van der Waals surface area contributed by atoms with E-state index in [1.165, 1.54) is 25.7 Å². The van der Waals surface area contributed by atoms with E-state index in [1.807, 2.05) is 31.2 Å². The van der Waals surface area contributed by atoms with Crippen LogP contribution in [0.2, 0.25) is 0 Å². The summed E-state index contributed by atoms with van der Waals surface area (Å²) in [7, 11) is 4.66. The van der Waals surface area contributed by atoms with E-state index in [0.29, 0.717) is 29.4 Å². The van der Waals surface area contributed by atoms with Crippen LogP contribution in [0, 0.1) is 6.92 Å². The molecule has 1 aliphatic rings. The Morgan fingerprint density at radius 1 is 1.12 bits per heavy atom. The summed E-state index contributed by atoms with van der Waals surface area (Å²) in [5, 5.41) is 3.41. The van der Waals surface area contributed by atoms with Gasteiger partial charge in [0.25, 0.3) is 5.56 Å². The number of pyridine rings is 1. The standard InChI is InChI=1S/C24H26N4O5/c1-13-22(27-20-16-9-7-6-8-15(16)12-18(20)33-14(2)29)28(3)24(30)21(25-13)17-10-11-19(31-4)26-23(17)32-5/h6-11,18,20,27H,12H2,1-5H3/t18-,20?/m0/s1. The lowest BCUT2D eigenvalue weighted by Gasteiger charge is -2.25. The largest absolute Gasteiger partial charge is 0.481 e. The minimum Gasteiger partial charge on any atom is -0.481 e.